The van der Waals surface area contributed by atoms with Gasteiger partial charge < -0.3 is 11.2 Å². The van der Waals surface area contributed by atoms with Crippen molar-refractivity contribution in [2.75, 3.05) is 22.3 Å². The van der Waals surface area contributed by atoms with Crippen LogP contribution in [0.3, 0.4) is 0 Å². The second-order valence-corrected chi connectivity index (χ2v) is 6.64. The molecule has 4 N–H and O–H groups in total. The number of benzene rings is 2. The number of carbonyl (C=O) groups is 1. The third kappa shape index (κ3) is 5.07. The zero-order valence-electron chi connectivity index (χ0n) is 15.0. The molecule has 0 aliphatic heterocycles. The van der Waals surface area contributed by atoms with Crippen molar-refractivity contribution in [3.63, 3.8) is 0 Å². The number of amides is 1. The lowest BCUT2D eigenvalue weighted by Crippen LogP contribution is -2.17. The van der Waals surface area contributed by atoms with E-state index in [1.54, 1.807) is 31.2 Å². The Morgan fingerprint density at radius 1 is 1.18 bits per heavy atom. The van der Waals surface area contributed by atoms with Gasteiger partial charge in [-0.25, -0.2) is 14.5 Å². The van der Waals surface area contributed by atoms with Crippen molar-refractivity contribution < 1.29 is 9.18 Å². The summed E-state index contributed by atoms with van der Waals surface area (Å²) in [5.74, 6) is 5.79. The quantitative estimate of drug-likeness (QED) is 0.244. The van der Waals surface area contributed by atoms with Crippen LogP contribution in [-0.2, 0) is 4.79 Å². The highest BCUT2D eigenvalue weighted by Crippen LogP contribution is 2.17. The maximum Gasteiger partial charge on any atom is 0.264 e. The summed E-state index contributed by atoms with van der Waals surface area (Å²) in [6.07, 6.45) is 0. The Morgan fingerprint density at radius 2 is 1.89 bits per heavy atom. The lowest BCUT2D eigenvalue weighted by molar-refractivity contribution is -0.113. The van der Waals surface area contributed by atoms with Gasteiger partial charge in [0.25, 0.3) is 5.95 Å². The minimum absolute atomic E-state index is 0.127. The first-order valence-corrected chi connectivity index (χ1v) is 9.26. The Balaban J connectivity index is 1.56. The molecule has 0 saturated heterocycles. The van der Waals surface area contributed by atoms with E-state index in [2.05, 4.69) is 26.0 Å². The van der Waals surface area contributed by atoms with Crippen LogP contribution in [0.5, 0.6) is 0 Å². The van der Waals surface area contributed by atoms with Gasteiger partial charge in [-0.15, -0.1) is 10.2 Å². The molecule has 10 heteroatoms. The van der Waals surface area contributed by atoms with Gasteiger partial charge in [-0.05, 0) is 36.8 Å². The molecule has 2 aromatic carbocycles. The molecule has 3 aromatic rings. The Labute approximate surface area is 165 Å². The van der Waals surface area contributed by atoms with E-state index in [-0.39, 0.29) is 23.4 Å². The van der Waals surface area contributed by atoms with Crippen LogP contribution in [-0.4, -0.2) is 32.2 Å². The Morgan fingerprint density at radius 3 is 2.61 bits per heavy atom. The normalized spacial score (nSPS) is 11.3. The van der Waals surface area contributed by atoms with Crippen LogP contribution in [0.2, 0.25) is 0 Å². The highest BCUT2D eigenvalue weighted by atomic mass is 32.2. The maximum atomic E-state index is 13.0. The summed E-state index contributed by atoms with van der Waals surface area (Å²) in [6, 6.07) is 15.1. The van der Waals surface area contributed by atoms with Gasteiger partial charge in [0.2, 0.25) is 11.1 Å². The van der Waals surface area contributed by atoms with Crippen molar-refractivity contribution in [3.05, 3.63) is 66.0 Å². The fourth-order valence-corrected chi connectivity index (χ4v) is 2.85. The van der Waals surface area contributed by atoms with Crippen molar-refractivity contribution in [3.8, 4) is 0 Å². The molecule has 0 bridgehead atoms. The number of thioether (sulfide) groups is 1. The van der Waals surface area contributed by atoms with E-state index in [0.29, 0.717) is 10.9 Å². The van der Waals surface area contributed by atoms with Crippen molar-refractivity contribution in [2.45, 2.75) is 12.1 Å². The average Bonchev–Trinajstić information content (AvgIpc) is 3.05. The second-order valence-electron chi connectivity index (χ2n) is 5.69. The van der Waals surface area contributed by atoms with Gasteiger partial charge in [0.1, 0.15) is 5.82 Å². The molecule has 0 aliphatic rings. The number of rotatable bonds is 7. The number of halogens is 1. The van der Waals surface area contributed by atoms with Gasteiger partial charge >= 0.3 is 0 Å². The molecule has 28 heavy (non-hydrogen) atoms. The number of carbonyl (C=O) groups excluding carboxylic acids is 1. The lowest BCUT2D eigenvalue weighted by Gasteiger charge is -2.05. The molecule has 3 rings (SSSR count). The summed E-state index contributed by atoms with van der Waals surface area (Å²) in [4.78, 5) is 12.0. The zero-order chi connectivity index (χ0) is 19.9. The highest BCUT2D eigenvalue weighted by molar-refractivity contribution is 7.99. The summed E-state index contributed by atoms with van der Waals surface area (Å²) in [5.41, 5.74) is 4.81. The minimum atomic E-state index is -0.316. The fraction of sp³-hybridized carbons (Fsp3) is 0.111. The minimum Gasteiger partial charge on any atom is -0.334 e. The zero-order valence-corrected chi connectivity index (χ0v) is 15.8. The SMILES string of the molecule is C/C(=N\Nc1nnc(SCC(=O)Nc2ccccc2)n1N)c1ccc(F)cc1. The first-order chi connectivity index (χ1) is 13.5. The Bertz CT molecular complexity index is 973. The van der Waals surface area contributed by atoms with E-state index in [4.69, 9.17) is 5.84 Å². The smallest absolute Gasteiger partial charge is 0.264 e. The summed E-state index contributed by atoms with van der Waals surface area (Å²) in [7, 11) is 0. The monoisotopic (exact) mass is 399 g/mol. The number of hydrazone groups is 1. The number of nitrogens with zero attached hydrogens (tertiary/aromatic N) is 4. The first kappa shape index (κ1) is 19.4. The number of hydrogen-bond donors (Lipinski definition) is 3. The van der Waals surface area contributed by atoms with Gasteiger partial charge in [-0.1, -0.05) is 42.1 Å². The van der Waals surface area contributed by atoms with Gasteiger partial charge in [-0.2, -0.15) is 5.10 Å². The van der Waals surface area contributed by atoms with Crippen LogP contribution in [0.1, 0.15) is 12.5 Å². The van der Waals surface area contributed by atoms with E-state index in [1.807, 2.05) is 18.2 Å². The molecule has 1 amide bonds. The van der Waals surface area contributed by atoms with Crippen LogP contribution >= 0.6 is 11.8 Å². The van der Waals surface area contributed by atoms with E-state index < -0.39 is 0 Å². The Hall–Kier alpha value is -3.40. The summed E-state index contributed by atoms with van der Waals surface area (Å²) < 4.78 is 14.2. The number of nitrogen functional groups attached to an aromatic ring is 1. The van der Waals surface area contributed by atoms with E-state index in [1.165, 1.54) is 16.8 Å². The topological polar surface area (TPSA) is 110 Å². The van der Waals surface area contributed by atoms with Crippen LogP contribution < -0.4 is 16.6 Å². The van der Waals surface area contributed by atoms with Gasteiger partial charge in [0.15, 0.2) is 0 Å². The van der Waals surface area contributed by atoms with Crippen LogP contribution in [0.4, 0.5) is 16.0 Å². The molecular weight excluding hydrogens is 381 g/mol. The first-order valence-electron chi connectivity index (χ1n) is 8.27. The van der Waals surface area contributed by atoms with Crippen molar-refractivity contribution in [1.29, 1.82) is 0 Å². The number of hydrogen-bond acceptors (Lipinski definition) is 7. The third-order valence-corrected chi connectivity index (χ3v) is 4.58. The largest absolute Gasteiger partial charge is 0.334 e. The second kappa shape index (κ2) is 9.00. The molecule has 1 heterocycles. The number of nitrogens with one attached hydrogen (secondary N) is 2. The average molecular weight is 399 g/mol. The molecular formula is C18H18FN7OS. The molecule has 0 unspecified atom stereocenters. The molecule has 0 atom stereocenters. The number of nitrogens with two attached hydrogens (primary N) is 1. The number of para-hydroxylation sites is 1. The molecule has 0 saturated carbocycles. The standard InChI is InChI=1S/C18H18FN7OS/c1-12(13-7-9-14(19)10-8-13)22-23-17-24-25-18(26(17)20)28-11-16(27)21-15-5-3-2-4-6-15/h2-10H,11,20H2,1H3,(H,21,27)(H,23,24)/b22-12+. The fourth-order valence-electron chi connectivity index (χ4n) is 2.19. The molecule has 0 radical (unpaired) electrons. The van der Waals surface area contributed by atoms with Crippen molar-refractivity contribution in [2.24, 2.45) is 5.10 Å². The molecule has 0 aliphatic carbocycles. The van der Waals surface area contributed by atoms with Gasteiger partial charge in [0, 0.05) is 5.69 Å². The van der Waals surface area contributed by atoms with E-state index in [0.717, 1.165) is 23.0 Å². The summed E-state index contributed by atoms with van der Waals surface area (Å²) in [5, 5.41) is 15.2. The highest BCUT2D eigenvalue weighted by Gasteiger charge is 2.12. The Kier molecular flexibility index (Phi) is 6.22. The summed E-state index contributed by atoms with van der Waals surface area (Å²) in [6.45, 7) is 1.76. The molecule has 1 aromatic heterocycles. The molecule has 144 valence electrons. The van der Waals surface area contributed by atoms with Crippen molar-refractivity contribution in [1.82, 2.24) is 14.9 Å². The number of aromatic nitrogens is 3. The van der Waals surface area contributed by atoms with Gasteiger partial charge in [0.05, 0.1) is 11.5 Å². The number of anilines is 2. The predicted molar refractivity (Wildman–Crippen MR) is 108 cm³/mol. The van der Waals surface area contributed by atoms with E-state index in [9.17, 15) is 9.18 Å². The third-order valence-electron chi connectivity index (χ3n) is 3.64. The molecule has 0 spiro atoms. The van der Waals surface area contributed by atoms with Crippen LogP contribution in [0, 0.1) is 5.82 Å². The van der Waals surface area contributed by atoms with E-state index >= 15 is 0 Å². The van der Waals surface area contributed by atoms with Crippen molar-refractivity contribution >= 4 is 35.0 Å². The van der Waals surface area contributed by atoms with Gasteiger partial charge in [-0.3, -0.25) is 4.79 Å². The molecule has 0 fully saturated rings. The lowest BCUT2D eigenvalue weighted by atomic mass is 10.1. The van der Waals surface area contributed by atoms with Crippen LogP contribution in [0.15, 0.2) is 64.9 Å². The predicted octanol–water partition coefficient (Wildman–Crippen LogP) is 2.70. The maximum absolute atomic E-state index is 13.0. The van der Waals surface area contributed by atoms with Crippen LogP contribution in [0.25, 0.3) is 0 Å². The molecule has 8 nitrogen and oxygen atoms in total. The summed E-state index contributed by atoms with van der Waals surface area (Å²) >= 11 is 1.15.